The van der Waals surface area contributed by atoms with Crippen LogP contribution in [0.15, 0.2) is 0 Å². The smallest absolute Gasteiger partial charge is 0.258 e. The van der Waals surface area contributed by atoms with Gasteiger partial charge in [0.05, 0.1) is 6.61 Å². The first kappa shape index (κ1) is 12.4. The second-order valence-corrected chi connectivity index (χ2v) is 5.45. The van der Waals surface area contributed by atoms with Gasteiger partial charge in [-0.2, -0.15) is 0 Å². The van der Waals surface area contributed by atoms with E-state index < -0.39 is 8.53 Å². The van der Waals surface area contributed by atoms with E-state index in [9.17, 15) is 0 Å². The Morgan fingerprint density at radius 1 is 1.43 bits per heavy atom. The number of rotatable bonds is 2. The molecule has 14 heavy (non-hydrogen) atoms. The summed E-state index contributed by atoms with van der Waals surface area (Å²) in [4.78, 5) is 0. The van der Waals surface area contributed by atoms with Crippen molar-refractivity contribution in [1.29, 1.82) is 0 Å². The molecule has 2 unspecified atom stereocenters. The second kappa shape index (κ2) is 6.73. The molecule has 0 spiro atoms. The summed E-state index contributed by atoms with van der Waals surface area (Å²) >= 11 is 0. The minimum absolute atomic E-state index is 0.658. The fraction of sp³-hybridized carbons (Fsp3) is 1.00. The summed E-state index contributed by atoms with van der Waals surface area (Å²) in [7, 11) is 1.07. The first-order valence-electron chi connectivity index (χ1n) is 5.53. The van der Waals surface area contributed by atoms with Crippen LogP contribution >= 0.6 is 8.53 Å². The molecule has 2 aliphatic heterocycles. The summed E-state index contributed by atoms with van der Waals surface area (Å²) in [6, 6.07) is 0. The molecule has 3 nitrogen and oxygen atoms in total. The highest BCUT2D eigenvalue weighted by Gasteiger charge is 2.35. The molecule has 0 amide bonds. The Hall–Kier alpha value is 0.310. The molecule has 0 aromatic heterocycles. The molecule has 2 heterocycles. The molecule has 0 aliphatic carbocycles. The minimum atomic E-state index is -0.658. The van der Waals surface area contributed by atoms with Gasteiger partial charge in [-0.05, 0) is 12.3 Å². The van der Waals surface area contributed by atoms with Crippen molar-refractivity contribution in [3.8, 4) is 0 Å². The highest BCUT2D eigenvalue weighted by molar-refractivity contribution is 7.44. The highest BCUT2D eigenvalue weighted by Crippen LogP contribution is 2.49. The van der Waals surface area contributed by atoms with Crippen LogP contribution in [0.3, 0.4) is 0 Å². The Kier molecular flexibility index (Phi) is 5.95. The van der Waals surface area contributed by atoms with Crippen LogP contribution in [0.5, 0.6) is 0 Å². The third-order valence-corrected chi connectivity index (χ3v) is 4.08. The van der Waals surface area contributed by atoms with Crippen molar-refractivity contribution in [3.05, 3.63) is 0 Å². The molecule has 84 valence electrons. The Morgan fingerprint density at radius 2 is 2.14 bits per heavy atom. The maximum atomic E-state index is 5.48. The number of unbranched alkanes of at least 4 members (excludes halogenated alkanes) is 1. The number of fused-ring (bicyclic) bond motifs is 2. The molecule has 0 saturated carbocycles. The van der Waals surface area contributed by atoms with Crippen molar-refractivity contribution in [1.82, 2.24) is 4.67 Å². The van der Waals surface area contributed by atoms with E-state index in [1.54, 1.807) is 7.11 Å². The average Bonchev–Trinajstić information content (AvgIpc) is 2.62. The van der Waals surface area contributed by atoms with E-state index in [1.807, 2.05) is 0 Å². The van der Waals surface area contributed by atoms with Crippen molar-refractivity contribution in [2.24, 2.45) is 5.92 Å². The summed E-state index contributed by atoms with van der Waals surface area (Å²) in [5, 5.41) is 0. The van der Waals surface area contributed by atoms with Crippen LogP contribution in [0.4, 0.5) is 0 Å². The second-order valence-electron chi connectivity index (χ2n) is 3.78. The van der Waals surface area contributed by atoms with Gasteiger partial charge >= 0.3 is 0 Å². The third kappa shape index (κ3) is 3.47. The van der Waals surface area contributed by atoms with E-state index in [-0.39, 0.29) is 0 Å². The zero-order chi connectivity index (χ0) is 10.4. The third-order valence-electron chi connectivity index (χ3n) is 2.57. The summed E-state index contributed by atoms with van der Waals surface area (Å²) in [6.45, 7) is 7.64. The molecular formula is C10H22NO2P. The van der Waals surface area contributed by atoms with E-state index in [4.69, 9.17) is 9.05 Å². The molecule has 3 atom stereocenters. The SMILES string of the molecule is CCCC.COP1OC[C@H]2CCN1C2. The fourth-order valence-corrected chi connectivity index (χ4v) is 3.00. The molecule has 0 aromatic carbocycles. The lowest BCUT2D eigenvalue weighted by Gasteiger charge is -2.28. The van der Waals surface area contributed by atoms with Crippen LogP contribution < -0.4 is 0 Å². The molecule has 4 heteroatoms. The fourth-order valence-electron chi connectivity index (χ4n) is 1.52. The molecule has 0 aromatic rings. The molecule has 2 rings (SSSR count). The standard InChI is InChI=1S/C6H12NO2P.C4H10/c1-8-10-7-3-2-6(4-7)5-9-10;1-3-4-2/h6H,2-5H2,1H3;3-4H2,1-2H3/t6-,10?;/m0./s1. The Balaban J connectivity index is 0.000000213. The normalized spacial score (nSPS) is 34.9. The van der Waals surface area contributed by atoms with E-state index in [0.717, 1.165) is 12.5 Å². The van der Waals surface area contributed by atoms with Crippen LogP contribution in [0.1, 0.15) is 33.1 Å². The zero-order valence-electron chi connectivity index (χ0n) is 9.53. The quantitative estimate of drug-likeness (QED) is 0.666. The van der Waals surface area contributed by atoms with Crippen LogP contribution in [-0.2, 0) is 9.05 Å². The van der Waals surface area contributed by atoms with E-state index in [0.29, 0.717) is 0 Å². The van der Waals surface area contributed by atoms with Gasteiger partial charge in [0.25, 0.3) is 8.53 Å². The van der Waals surface area contributed by atoms with Crippen molar-refractivity contribution < 1.29 is 9.05 Å². The molecular weight excluding hydrogens is 197 g/mol. The topological polar surface area (TPSA) is 21.7 Å². The van der Waals surface area contributed by atoms with Crippen LogP contribution in [0, 0.1) is 5.92 Å². The number of nitrogens with zero attached hydrogens (tertiary/aromatic N) is 1. The largest absolute Gasteiger partial charge is 0.325 e. The first-order chi connectivity index (χ1) is 6.81. The molecule has 2 bridgehead atoms. The van der Waals surface area contributed by atoms with Gasteiger partial charge in [0, 0.05) is 20.2 Å². The lowest BCUT2D eigenvalue weighted by atomic mass is 10.1. The Bertz CT molecular complexity index is 155. The molecule has 0 radical (unpaired) electrons. The van der Waals surface area contributed by atoms with E-state index >= 15 is 0 Å². The van der Waals surface area contributed by atoms with Gasteiger partial charge in [0.2, 0.25) is 0 Å². The summed E-state index contributed by atoms with van der Waals surface area (Å²) in [5.74, 6) is 0.786. The minimum Gasteiger partial charge on any atom is -0.325 e. The molecule has 0 N–H and O–H groups in total. The summed E-state index contributed by atoms with van der Waals surface area (Å²) in [5.41, 5.74) is 0. The van der Waals surface area contributed by atoms with Crippen molar-refractivity contribution >= 4 is 8.53 Å². The van der Waals surface area contributed by atoms with Crippen LogP contribution in [-0.4, -0.2) is 31.5 Å². The van der Waals surface area contributed by atoms with Gasteiger partial charge in [-0.1, -0.05) is 26.7 Å². The van der Waals surface area contributed by atoms with Crippen LogP contribution in [0.25, 0.3) is 0 Å². The highest BCUT2D eigenvalue weighted by atomic mass is 31.2. The van der Waals surface area contributed by atoms with Gasteiger partial charge in [-0.25, -0.2) is 4.67 Å². The molecule has 2 fully saturated rings. The molecule has 2 aliphatic rings. The predicted molar refractivity (Wildman–Crippen MR) is 60.1 cm³/mol. The van der Waals surface area contributed by atoms with Gasteiger partial charge in [0.15, 0.2) is 0 Å². The summed E-state index contributed by atoms with van der Waals surface area (Å²) < 4.78 is 13.0. The van der Waals surface area contributed by atoms with Crippen molar-refractivity contribution in [2.75, 3.05) is 26.8 Å². The van der Waals surface area contributed by atoms with Crippen LogP contribution in [0.2, 0.25) is 0 Å². The Labute approximate surface area is 88.7 Å². The van der Waals surface area contributed by atoms with Gasteiger partial charge < -0.3 is 9.05 Å². The summed E-state index contributed by atoms with van der Waals surface area (Å²) in [6.07, 6.45) is 3.93. The lowest BCUT2D eigenvalue weighted by molar-refractivity contribution is 0.183. The lowest BCUT2D eigenvalue weighted by Crippen LogP contribution is -2.23. The number of hydrogen-bond donors (Lipinski definition) is 0. The Morgan fingerprint density at radius 3 is 2.71 bits per heavy atom. The first-order valence-corrected chi connectivity index (χ1v) is 6.66. The maximum Gasteiger partial charge on any atom is 0.258 e. The van der Waals surface area contributed by atoms with Crippen molar-refractivity contribution in [2.45, 2.75) is 33.1 Å². The van der Waals surface area contributed by atoms with E-state index in [2.05, 4.69) is 18.5 Å². The number of hydrogen-bond acceptors (Lipinski definition) is 3. The molecule has 2 saturated heterocycles. The van der Waals surface area contributed by atoms with Gasteiger partial charge in [0.1, 0.15) is 0 Å². The predicted octanol–water partition coefficient (Wildman–Crippen LogP) is 3.02. The van der Waals surface area contributed by atoms with Gasteiger partial charge in [-0.15, -0.1) is 0 Å². The average molecular weight is 219 g/mol. The zero-order valence-corrected chi connectivity index (χ0v) is 10.4. The van der Waals surface area contributed by atoms with E-state index in [1.165, 1.54) is 32.4 Å². The van der Waals surface area contributed by atoms with Crippen molar-refractivity contribution in [3.63, 3.8) is 0 Å². The van der Waals surface area contributed by atoms with Gasteiger partial charge in [-0.3, -0.25) is 0 Å². The monoisotopic (exact) mass is 219 g/mol. The maximum absolute atomic E-state index is 5.48.